The molecule has 5 nitrogen and oxygen atoms in total. The van der Waals surface area contributed by atoms with Crippen LogP contribution in [0.25, 0.3) is 0 Å². The van der Waals surface area contributed by atoms with E-state index in [0.29, 0.717) is 24.5 Å². The monoisotopic (exact) mass is 234 g/mol. The molecule has 17 heavy (non-hydrogen) atoms. The zero-order chi connectivity index (χ0) is 12.3. The van der Waals surface area contributed by atoms with Gasteiger partial charge in [-0.15, -0.1) is 0 Å². The third kappa shape index (κ3) is 2.38. The molecule has 0 aliphatic carbocycles. The molecule has 1 N–H and O–H groups in total. The number of benzene rings is 1. The number of carbonyl (C=O) groups is 2. The van der Waals surface area contributed by atoms with Crippen molar-refractivity contribution in [3.8, 4) is 5.75 Å². The van der Waals surface area contributed by atoms with Gasteiger partial charge in [0.15, 0.2) is 0 Å². The van der Waals surface area contributed by atoms with E-state index in [-0.39, 0.29) is 18.4 Å². The maximum absolute atomic E-state index is 12.2. The Bertz CT molecular complexity index is 445. The number of para-hydroxylation sites is 1. The van der Waals surface area contributed by atoms with Crippen molar-refractivity contribution >= 4 is 11.8 Å². The maximum atomic E-state index is 12.2. The summed E-state index contributed by atoms with van der Waals surface area (Å²) >= 11 is 0. The van der Waals surface area contributed by atoms with Crippen molar-refractivity contribution in [2.45, 2.75) is 0 Å². The summed E-state index contributed by atoms with van der Waals surface area (Å²) < 4.78 is 5.47. The number of amides is 2. The number of hydrogen-bond acceptors (Lipinski definition) is 3. The molecule has 1 aliphatic rings. The van der Waals surface area contributed by atoms with Crippen molar-refractivity contribution < 1.29 is 14.3 Å². The quantitative estimate of drug-likeness (QED) is 0.799. The van der Waals surface area contributed by atoms with Crippen molar-refractivity contribution in [1.82, 2.24) is 10.2 Å². The number of carbonyl (C=O) groups excluding carboxylic acids is 2. The van der Waals surface area contributed by atoms with Gasteiger partial charge in [0.2, 0.25) is 5.91 Å². The molecule has 1 aromatic rings. The largest absolute Gasteiger partial charge is 0.491 e. The highest BCUT2D eigenvalue weighted by Crippen LogP contribution is 2.22. The third-order valence-corrected chi connectivity index (χ3v) is 2.64. The first-order chi connectivity index (χ1) is 8.22. The van der Waals surface area contributed by atoms with Crippen LogP contribution < -0.4 is 10.1 Å². The Balaban J connectivity index is 2.23. The van der Waals surface area contributed by atoms with E-state index >= 15 is 0 Å². The van der Waals surface area contributed by atoms with Crippen LogP contribution in [0.4, 0.5) is 0 Å². The summed E-state index contributed by atoms with van der Waals surface area (Å²) in [4.78, 5) is 24.9. The molecule has 90 valence electrons. The van der Waals surface area contributed by atoms with Crippen molar-refractivity contribution in [1.29, 1.82) is 0 Å². The van der Waals surface area contributed by atoms with E-state index in [0.717, 1.165) is 0 Å². The van der Waals surface area contributed by atoms with Gasteiger partial charge in [0.25, 0.3) is 5.91 Å². The highest BCUT2D eigenvalue weighted by molar-refractivity contribution is 5.99. The minimum atomic E-state index is -0.183. The number of nitrogens with one attached hydrogen (secondary N) is 1. The number of fused-ring (bicyclic) bond motifs is 1. The summed E-state index contributed by atoms with van der Waals surface area (Å²) in [6.07, 6.45) is 0. The van der Waals surface area contributed by atoms with Crippen molar-refractivity contribution in [2.75, 3.05) is 26.7 Å². The number of nitrogens with zero attached hydrogens (tertiary/aromatic N) is 1. The molecule has 0 atom stereocenters. The van der Waals surface area contributed by atoms with Crippen molar-refractivity contribution in [3.63, 3.8) is 0 Å². The summed E-state index contributed by atoms with van der Waals surface area (Å²) in [7, 11) is 1.55. The number of rotatable bonds is 2. The molecule has 1 aliphatic heterocycles. The van der Waals surface area contributed by atoms with Crippen LogP contribution in [0.1, 0.15) is 10.4 Å². The Labute approximate surface area is 99.4 Å². The zero-order valence-corrected chi connectivity index (χ0v) is 9.60. The van der Waals surface area contributed by atoms with Gasteiger partial charge in [-0.1, -0.05) is 12.1 Å². The van der Waals surface area contributed by atoms with Gasteiger partial charge >= 0.3 is 0 Å². The average Bonchev–Trinajstić information content (AvgIpc) is 2.51. The summed E-state index contributed by atoms with van der Waals surface area (Å²) in [5, 5.41) is 2.50. The Kier molecular flexibility index (Phi) is 3.27. The SMILES string of the molecule is CNC(=O)CN1CCOc2ccccc2C1=O. The van der Waals surface area contributed by atoms with Crippen LogP contribution in [0, 0.1) is 0 Å². The molecule has 0 saturated heterocycles. The van der Waals surface area contributed by atoms with Gasteiger partial charge in [-0.2, -0.15) is 0 Å². The minimum Gasteiger partial charge on any atom is -0.491 e. The highest BCUT2D eigenvalue weighted by Gasteiger charge is 2.24. The Hall–Kier alpha value is -2.04. The van der Waals surface area contributed by atoms with E-state index in [1.807, 2.05) is 6.07 Å². The first kappa shape index (κ1) is 11.4. The van der Waals surface area contributed by atoms with Crippen LogP contribution in [0.15, 0.2) is 24.3 Å². The number of hydrogen-bond donors (Lipinski definition) is 1. The normalized spacial score (nSPS) is 14.6. The summed E-state index contributed by atoms with van der Waals surface area (Å²) in [5.74, 6) is 0.233. The van der Waals surface area contributed by atoms with E-state index < -0.39 is 0 Å². The summed E-state index contributed by atoms with van der Waals surface area (Å²) in [5.41, 5.74) is 0.508. The van der Waals surface area contributed by atoms with E-state index in [4.69, 9.17) is 4.74 Å². The fourth-order valence-electron chi connectivity index (χ4n) is 1.71. The van der Waals surface area contributed by atoms with Gasteiger partial charge in [-0.3, -0.25) is 9.59 Å². The molecule has 0 spiro atoms. The second kappa shape index (κ2) is 4.86. The summed E-state index contributed by atoms with van der Waals surface area (Å²) in [6.45, 7) is 0.883. The number of ether oxygens (including phenoxy) is 1. The maximum Gasteiger partial charge on any atom is 0.258 e. The molecule has 2 rings (SSSR count). The molecule has 1 aromatic carbocycles. The predicted octanol–water partition coefficient (Wildman–Crippen LogP) is 0.267. The molecule has 0 saturated carbocycles. The van der Waals surface area contributed by atoms with E-state index in [9.17, 15) is 9.59 Å². The lowest BCUT2D eigenvalue weighted by molar-refractivity contribution is -0.121. The standard InChI is InChI=1S/C12H14N2O3/c1-13-11(15)8-14-6-7-17-10-5-3-2-4-9(10)12(14)16/h2-5H,6-8H2,1H3,(H,13,15). The molecule has 0 unspecified atom stereocenters. The van der Waals surface area contributed by atoms with Gasteiger partial charge in [-0.05, 0) is 12.1 Å². The second-order valence-electron chi connectivity index (χ2n) is 3.74. The van der Waals surface area contributed by atoms with Crippen molar-refractivity contribution in [2.24, 2.45) is 0 Å². The fraction of sp³-hybridized carbons (Fsp3) is 0.333. The van der Waals surface area contributed by atoms with E-state index in [1.54, 1.807) is 25.2 Å². The van der Waals surface area contributed by atoms with Crippen LogP contribution in [0.3, 0.4) is 0 Å². The molecule has 0 radical (unpaired) electrons. The first-order valence-corrected chi connectivity index (χ1v) is 5.44. The minimum absolute atomic E-state index is 0.0625. The zero-order valence-electron chi connectivity index (χ0n) is 9.60. The average molecular weight is 234 g/mol. The fourth-order valence-corrected chi connectivity index (χ4v) is 1.71. The van der Waals surface area contributed by atoms with Crippen LogP contribution in [0.5, 0.6) is 5.75 Å². The Morgan fingerprint density at radius 3 is 3.00 bits per heavy atom. The Morgan fingerprint density at radius 1 is 1.47 bits per heavy atom. The van der Waals surface area contributed by atoms with Crippen LogP contribution >= 0.6 is 0 Å². The van der Waals surface area contributed by atoms with Crippen LogP contribution in [-0.2, 0) is 4.79 Å². The smallest absolute Gasteiger partial charge is 0.258 e. The van der Waals surface area contributed by atoms with Crippen LogP contribution in [0.2, 0.25) is 0 Å². The van der Waals surface area contributed by atoms with E-state index in [1.165, 1.54) is 4.90 Å². The predicted molar refractivity (Wildman–Crippen MR) is 61.9 cm³/mol. The molecule has 0 fully saturated rings. The molecular weight excluding hydrogens is 220 g/mol. The highest BCUT2D eigenvalue weighted by atomic mass is 16.5. The van der Waals surface area contributed by atoms with Gasteiger partial charge in [-0.25, -0.2) is 0 Å². The molecule has 0 aromatic heterocycles. The topological polar surface area (TPSA) is 58.6 Å². The van der Waals surface area contributed by atoms with Gasteiger partial charge in [0.1, 0.15) is 12.4 Å². The third-order valence-electron chi connectivity index (χ3n) is 2.64. The van der Waals surface area contributed by atoms with Gasteiger partial charge in [0, 0.05) is 7.05 Å². The molecule has 0 bridgehead atoms. The lowest BCUT2D eigenvalue weighted by Gasteiger charge is -2.18. The molecule has 1 heterocycles. The first-order valence-electron chi connectivity index (χ1n) is 5.44. The van der Waals surface area contributed by atoms with E-state index in [2.05, 4.69) is 5.32 Å². The van der Waals surface area contributed by atoms with Crippen molar-refractivity contribution in [3.05, 3.63) is 29.8 Å². The number of likely N-dealkylation sites (N-methyl/N-ethyl adjacent to an activating group) is 1. The second-order valence-corrected chi connectivity index (χ2v) is 3.74. The van der Waals surface area contributed by atoms with Gasteiger partial charge in [0.05, 0.1) is 18.7 Å². The molecule has 2 amide bonds. The lowest BCUT2D eigenvalue weighted by Crippen LogP contribution is -2.40. The lowest BCUT2D eigenvalue weighted by atomic mass is 10.2. The molecular formula is C12H14N2O3. The molecule has 5 heteroatoms. The summed E-state index contributed by atoms with van der Waals surface area (Å²) in [6, 6.07) is 7.07. The van der Waals surface area contributed by atoms with Gasteiger partial charge < -0.3 is 15.0 Å². The van der Waals surface area contributed by atoms with Crippen LogP contribution in [-0.4, -0.2) is 43.5 Å². The Morgan fingerprint density at radius 2 is 2.24 bits per heavy atom.